The van der Waals surface area contributed by atoms with E-state index in [1.54, 1.807) is 14.2 Å². The van der Waals surface area contributed by atoms with E-state index in [4.69, 9.17) is 39.6 Å². The van der Waals surface area contributed by atoms with Crippen LogP contribution in [0.4, 0.5) is 0 Å². The molecule has 1 aromatic rings. The van der Waals surface area contributed by atoms with E-state index in [2.05, 4.69) is 18.9 Å². The second-order valence-corrected chi connectivity index (χ2v) is 10.7. The van der Waals surface area contributed by atoms with Crippen molar-refractivity contribution in [2.24, 2.45) is 5.92 Å². The summed E-state index contributed by atoms with van der Waals surface area (Å²) in [5.74, 6) is 2.96. The van der Waals surface area contributed by atoms with Gasteiger partial charge in [0.1, 0.15) is 30.9 Å². The molecule has 8 nitrogen and oxygen atoms in total. The van der Waals surface area contributed by atoms with Crippen molar-refractivity contribution in [3.8, 4) is 18.1 Å². The van der Waals surface area contributed by atoms with Crippen molar-refractivity contribution in [1.29, 1.82) is 0 Å². The molecule has 0 saturated carbocycles. The maximum atomic E-state index is 9.58. The number of rotatable bonds is 16. The van der Waals surface area contributed by atoms with Crippen LogP contribution in [0, 0.1) is 18.3 Å². The molecule has 1 aromatic carbocycles. The summed E-state index contributed by atoms with van der Waals surface area (Å²) in [5.41, 5.74) is 1.04. The van der Waals surface area contributed by atoms with Crippen LogP contribution in [0.2, 0.25) is 0 Å². The van der Waals surface area contributed by atoms with Gasteiger partial charge < -0.3 is 38.3 Å². The lowest BCUT2D eigenvalue weighted by atomic mass is 9.92. The zero-order chi connectivity index (χ0) is 28.3. The van der Waals surface area contributed by atoms with Crippen LogP contribution in [0.25, 0.3) is 0 Å². The zero-order valence-electron chi connectivity index (χ0n) is 24.0. The average Bonchev–Trinajstić information content (AvgIpc) is 3.51. The summed E-state index contributed by atoms with van der Waals surface area (Å²) >= 11 is 0. The number of ether oxygens (including phenoxy) is 7. The molecule has 2 aliphatic rings. The van der Waals surface area contributed by atoms with Crippen LogP contribution >= 0.6 is 0 Å². The normalized spacial score (nSPS) is 26.9. The number of methoxy groups -OCH3 is 2. The molecule has 7 atom stereocenters. The molecule has 2 aliphatic heterocycles. The van der Waals surface area contributed by atoms with Crippen LogP contribution in [0.1, 0.15) is 58.4 Å². The van der Waals surface area contributed by atoms with Crippen molar-refractivity contribution >= 4 is 0 Å². The first-order chi connectivity index (χ1) is 18.8. The molecule has 39 heavy (non-hydrogen) atoms. The monoisotopic (exact) mass is 546 g/mol. The van der Waals surface area contributed by atoms with Crippen LogP contribution in [-0.4, -0.2) is 75.1 Å². The summed E-state index contributed by atoms with van der Waals surface area (Å²) in [4.78, 5) is 0. The zero-order valence-corrected chi connectivity index (χ0v) is 24.0. The summed E-state index contributed by atoms with van der Waals surface area (Å²) in [5, 5.41) is 9.58. The predicted molar refractivity (Wildman–Crippen MR) is 148 cm³/mol. The molecule has 218 valence electrons. The van der Waals surface area contributed by atoms with Crippen molar-refractivity contribution < 1.29 is 38.3 Å². The smallest absolute Gasteiger partial charge is 0.164 e. The fourth-order valence-electron chi connectivity index (χ4n) is 5.23. The van der Waals surface area contributed by atoms with Crippen molar-refractivity contribution in [3.63, 3.8) is 0 Å². The topological polar surface area (TPSA) is 84.8 Å². The first kappa shape index (κ1) is 31.6. The van der Waals surface area contributed by atoms with E-state index in [-0.39, 0.29) is 55.9 Å². The van der Waals surface area contributed by atoms with E-state index in [1.807, 2.05) is 44.2 Å². The number of aliphatic hydroxyl groups excluding tert-OH is 1. The van der Waals surface area contributed by atoms with Gasteiger partial charge in [-0.1, -0.05) is 31.2 Å². The fraction of sp³-hybridized carbons (Fsp3) is 0.677. The van der Waals surface area contributed by atoms with Crippen molar-refractivity contribution in [2.75, 3.05) is 27.6 Å². The van der Waals surface area contributed by atoms with Gasteiger partial charge in [0.25, 0.3) is 0 Å². The molecular weight excluding hydrogens is 500 g/mol. The Morgan fingerprint density at radius 1 is 1.15 bits per heavy atom. The van der Waals surface area contributed by atoms with E-state index in [1.165, 1.54) is 0 Å². The lowest BCUT2D eigenvalue weighted by Gasteiger charge is -2.34. The van der Waals surface area contributed by atoms with Gasteiger partial charge in [-0.3, -0.25) is 0 Å². The highest BCUT2D eigenvalue weighted by Gasteiger charge is 2.41. The van der Waals surface area contributed by atoms with E-state index >= 15 is 0 Å². The predicted octanol–water partition coefficient (Wildman–Crippen LogP) is 4.63. The van der Waals surface area contributed by atoms with E-state index < -0.39 is 5.79 Å². The average molecular weight is 547 g/mol. The highest BCUT2D eigenvalue weighted by molar-refractivity contribution is 5.26. The van der Waals surface area contributed by atoms with Crippen LogP contribution in [0.5, 0.6) is 5.75 Å². The van der Waals surface area contributed by atoms with Gasteiger partial charge in [0.15, 0.2) is 5.79 Å². The number of terminal acetylenes is 1. The number of benzene rings is 1. The quantitative estimate of drug-likeness (QED) is 0.183. The third-order valence-corrected chi connectivity index (χ3v) is 7.19. The minimum Gasteiger partial charge on any atom is -0.497 e. The number of allylic oxidation sites excluding steroid dienone is 1. The molecule has 3 rings (SSSR count). The van der Waals surface area contributed by atoms with Gasteiger partial charge in [0, 0.05) is 13.5 Å². The van der Waals surface area contributed by atoms with Gasteiger partial charge >= 0.3 is 0 Å². The molecule has 0 aromatic heterocycles. The van der Waals surface area contributed by atoms with Crippen LogP contribution in [0.3, 0.4) is 0 Å². The third kappa shape index (κ3) is 9.58. The van der Waals surface area contributed by atoms with Gasteiger partial charge in [0.05, 0.1) is 38.6 Å². The van der Waals surface area contributed by atoms with Crippen LogP contribution in [0.15, 0.2) is 36.4 Å². The lowest BCUT2D eigenvalue weighted by molar-refractivity contribution is -0.185. The minimum absolute atomic E-state index is 0.0676. The fourth-order valence-corrected chi connectivity index (χ4v) is 5.23. The number of hydrogen-bond acceptors (Lipinski definition) is 8. The Labute approximate surface area is 233 Å². The van der Waals surface area contributed by atoms with Crippen molar-refractivity contribution in [1.82, 2.24) is 0 Å². The van der Waals surface area contributed by atoms with Gasteiger partial charge in [-0.15, -0.1) is 12.3 Å². The lowest BCUT2D eigenvalue weighted by Crippen LogP contribution is -2.45. The summed E-state index contributed by atoms with van der Waals surface area (Å²) in [6.45, 7) is 6.31. The molecule has 8 heteroatoms. The highest BCUT2D eigenvalue weighted by atomic mass is 16.8. The number of aliphatic hydroxyl groups is 1. The second kappa shape index (κ2) is 15.7. The molecule has 2 heterocycles. The number of hydrogen-bond donors (Lipinski definition) is 1. The largest absolute Gasteiger partial charge is 0.497 e. The summed E-state index contributed by atoms with van der Waals surface area (Å²) in [6, 6.07) is 7.84. The highest BCUT2D eigenvalue weighted by Crippen LogP contribution is 2.33. The first-order valence-electron chi connectivity index (χ1n) is 13.9. The molecular formula is C31H46O8. The Morgan fingerprint density at radius 2 is 1.92 bits per heavy atom. The summed E-state index contributed by atoms with van der Waals surface area (Å²) in [6.07, 6.45) is 12.6. The van der Waals surface area contributed by atoms with Crippen molar-refractivity contribution in [3.05, 3.63) is 42.0 Å². The molecule has 0 bridgehead atoms. The summed E-state index contributed by atoms with van der Waals surface area (Å²) in [7, 11) is 3.26. The minimum atomic E-state index is -0.691. The van der Waals surface area contributed by atoms with E-state index in [0.717, 1.165) is 37.0 Å². The molecule has 2 saturated heterocycles. The molecule has 0 amide bonds. The Morgan fingerprint density at radius 3 is 2.59 bits per heavy atom. The van der Waals surface area contributed by atoms with Crippen LogP contribution in [-0.2, 0) is 35.0 Å². The van der Waals surface area contributed by atoms with Gasteiger partial charge in [-0.25, -0.2) is 0 Å². The van der Waals surface area contributed by atoms with Gasteiger partial charge in [-0.2, -0.15) is 0 Å². The Kier molecular flexibility index (Phi) is 12.7. The van der Waals surface area contributed by atoms with E-state index in [0.29, 0.717) is 13.0 Å². The maximum absolute atomic E-state index is 9.58. The second-order valence-electron chi connectivity index (χ2n) is 10.7. The summed E-state index contributed by atoms with van der Waals surface area (Å²) < 4.78 is 41.3. The molecule has 0 aliphatic carbocycles. The molecule has 1 N–H and O–H groups in total. The first-order valence-corrected chi connectivity index (χ1v) is 13.9. The third-order valence-electron chi connectivity index (χ3n) is 7.19. The molecule has 0 spiro atoms. The Balaban J connectivity index is 1.59. The SMILES string of the molecule is C#CC[C@@H](C)[C@@H](OCc1ccc(OC)cc1)[C@H](OCOC)[C@@H]1CC[C@H](CC/C=C/[C@H]2OC(C)(C)O[C@@H]2CO)O1. The van der Waals surface area contributed by atoms with Crippen molar-refractivity contribution in [2.45, 2.75) is 102 Å². The van der Waals surface area contributed by atoms with Crippen LogP contribution < -0.4 is 4.74 Å². The standard InChI is InChI=1S/C31H46O8/c1-7-10-22(2)29(35-20-23-13-15-24(34-6)16-14-23)30(36-21-33-5)27-18-17-25(37-27)11-8-9-12-26-28(19-32)39-31(3,4)38-26/h1,9,12-16,22,25-30,32H,8,10-11,17-21H2,2-6H3/b12-9+/t22-,25+,26-,27+,28-,29-,30-/m1/s1. The van der Waals surface area contributed by atoms with Gasteiger partial charge in [-0.05, 0) is 63.1 Å². The maximum Gasteiger partial charge on any atom is 0.164 e. The van der Waals surface area contributed by atoms with Gasteiger partial charge in [0.2, 0.25) is 0 Å². The Hall–Kier alpha value is -1.96. The van der Waals surface area contributed by atoms with E-state index in [9.17, 15) is 5.11 Å². The Bertz CT molecular complexity index is 908. The molecule has 2 fully saturated rings. The molecule has 0 radical (unpaired) electrons. The molecule has 0 unspecified atom stereocenters.